The summed E-state index contributed by atoms with van der Waals surface area (Å²) in [5, 5.41) is 4.74. The molecule has 0 N–H and O–H groups in total. The monoisotopic (exact) mass is 432 g/mol. The van der Waals surface area contributed by atoms with E-state index in [-0.39, 0.29) is 6.61 Å². The standard InChI is InChI=1S/C24H20N2O6/c27-22(32-20-10-11-31-24(20)28)9-7-17-15-26(18-4-2-1-3-5-18)25-23(17)16-6-8-19-21(14-16)30-13-12-29-19/h1-9,14-15,20H,10-13H2/b9-7-/t20-/m0/s1. The smallest absolute Gasteiger partial charge is 0.347 e. The van der Waals surface area contributed by atoms with Gasteiger partial charge in [0.25, 0.3) is 0 Å². The largest absolute Gasteiger partial charge is 0.486 e. The highest BCUT2D eigenvalue weighted by Gasteiger charge is 2.29. The lowest BCUT2D eigenvalue weighted by atomic mass is 10.1. The Kier molecular flexibility index (Phi) is 5.33. The average Bonchev–Trinajstić information content (AvgIpc) is 3.44. The molecule has 8 nitrogen and oxygen atoms in total. The van der Waals surface area contributed by atoms with Crippen molar-refractivity contribution < 1.29 is 28.5 Å². The Morgan fingerprint density at radius 3 is 2.62 bits per heavy atom. The Morgan fingerprint density at radius 1 is 1.03 bits per heavy atom. The van der Waals surface area contributed by atoms with Crippen LogP contribution in [0.1, 0.15) is 12.0 Å². The van der Waals surface area contributed by atoms with Gasteiger partial charge in [-0.1, -0.05) is 18.2 Å². The first-order valence-electron chi connectivity index (χ1n) is 10.3. The van der Waals surface area contributed by atoms with Crippen molar-refractivity contribution in [2.45, 2.75) is 12.5 Å². The van der Waals surface area contributed by atoms with Crippen molar-refractivity contribution in [3.8, 4) is 28.4 Å². The van der Waals surface area contributed by atoms with E-state index in [1.54, 1.807) is 10.8 Å². The maximum absolute atomic E-state index is 12.3. The number of hydrogen-bond donors (Lipinski definition) is 0. The summed E-state index contributed by atoms with van der Waals surface area (Å²) < 4.78 is 23.1. The van der Waals surface area contributed by atoms with Crippen LogP contribution in [-0.4, -0.2) is 47.6 Å². The molecule has 2 aromatic carbocycles. The van der Waals surface area contributed by atoms with Crippen LogP contribution in [0.5, 0.6) is 11.5 Å². The minimum absolute atomic E-state index is 0.263. The maximum atomic E-state index is 12.3. The van der Waals surface area contributed by atoms with E-state index in [1.807, 2.05) is 54.7 Å². The van der Waals surface area contributed by atoms with E-state index in [1.165, 1.54) is 6.08 Å². The minimum atomic E-state index is -0.851. The zero-order valence-corrected chi connectivity index (χ0v) is 17.1. The molecule has 32 heavy (non-hydrogen) atoms. The van der Waals surface area contributed by atoms with Gasteiger partial charge >= 0.3 is 11.9 Å². The third kappa shape index (κ3) is 4.07. The van der Waals surface area contributed by atoms with Gasteiger partial charge in [-0.3, -0.25) is 0 Å². The summed E-state index contributed by atoms with van der Waals surface area (Å²) >= 11 is 0. The zero-order valence-electron chi connectivity index (χ0n) is 17.1. The maximum Gasteiger partial charge on any atom is 0.347 e. The Hall–Kier alpha value is -4.07. The minimum Gasteiger partial charge on any atom is -0.486 e. The number of aromatic nitrogens is 2. The van der Waals surface area contributed by atoms with Crippen LogP contribution in [-0.2, 0) is 19.1 Å². The quantitative estimate of drug-likeness (QED) is 0.452. The van der Waals surface area contributed by atoms with Crippen molar-refractivity contribution in [3.05, 3.63) is 66.4 Å². The second-order valence-electron chi connectivity index (χ2n) is 7.29. The van der Waals surface area contributed by atoms with Gasteiger partial charge in [0.2, 0.25) is 6.10 Å². The number of nitrogens with zero attached hydrogens (tertiary/aromatic N) is 2. The molecule has 1 atom stereocenters. The number of cyclic esters (lactones) is 1. The molecule has 3 aromatic rings. The Morgan fingerprint density at radius 2 is 1.84 bits per heavy atom. The number of ether oxygens (including phenoxy) is 4. The van der Waals surface area contributed by atoms with E-state index < -0.39 is 18.0 Å². The summed E-state index contributed by atoms with van der Waals surface area (Å²) in [4.78, 5) is 23.8. The van der Waals surface area contributed by atoms with Gasteiger partial charge in [0, 0.05) is 29.8 Å². The van der Waals surface area contributed by atoms with Crippen molar-refractivity contribution in [2.75, 3.05) is 19.8 Å². The third-order valence-corrected chi connectivity index (χ3v) is 5.12. The first-order valence-corrected chi connectivity index (χ1v) is 10.3. The molecule has 0 radical (unpaired) electrons. The number of rotatable bonds is 5. The topological polar surface area (TPSA) is 88.9 Å². The highest BCUT2D eigenvalue weighted by Crippen LogP contribution is 2.35. The van der Waals surface area contributed by atoms with Gasteiger partial charge in [-0.2, -0.15) is 5.10 Å². The van der Waals surface area contributed by atoms with E-state index in [0.29, 0.717) is 42.4 Å². The first-order chi connectivity index (χ1) is 15.7. The van der Waals surface area contributed by atoms with Gasteiger partial charge < -0.3 is 18.9 Å². The van der Waals surface area contributed by atoms with Crippen LogP contribution in [0, 0.1) is 0 Å². The van der Waals surface area contributed by atoms with Gasteiger partial charge in [0.05, 0.1) is 12.3 Å². The van der Waals surface area contributed by atoms with Gasteiger partial charge in [-0.15, -0.1) is 0 Å². The molecule has 1 fully saturated rings. The second kappa shape index (κ2) is 8.58. The predicted molar refractivity (Wildman–Crippen MR) is 114 cm³/mol. The molecule has 162 valence electrons. The lowest BCUT2D eigenvalue weighted by Gasteiger charge is -2.18. The molecular formula is C24H20N2O6. The third-order valence-electron chi connectivity index (χ3n) is 5.12. The molecule has 2 aliphatic rings. The molecular weight excluding hydrogens is 412 g/mol. The summed E-state index contributed by atoms with van der Waals surface area (Å²) in [5.41, 5.74) is 3.06. The highest BCUT2D eigenvalue weighted by molar-refractivity contribution is 5.91. The van der Waals surface area contributed by atoms with Gasteiger partial charge in [-0.05, 0) is 36.4 Å². The van der Waals surface area contributed by atoms with E-state index in [2.05, 4.69) is 0 Å². The summed E-state index contributed by atoms with van der Waals surface area (Å²) in [5.74, 6) is 0.207. The molecule has 0 unspecified atom stereocenters. The Balaban J connectivity index is 1.47. The lowest BCUT2D eigenvalue weighted by Crippen LogP contribution is -2.21. The van der Waals surface area contributed by atoms with E-state index in [9.17, 15) is 9.59 Å². The number of hydrogen-bond acceptors (Lipinski definition) is 7. The zero-order chi connectivity index (χ0) is 21.9. The number of fused-ring (bicyclic) bond motifs is 1. The summed E-state index contributed by atoms with van der Waals surface area (Å²) in [6.07, 6.45) is 4.26. The number of benzene rings is 2. The number of para-hydroxylation sites is 1. The van der Waals surface area contributed by atoms with Crippen LogP contribution in [0.3, 0.4) is 0 Å². The van der Waals surface area contributed by atoms with E-state index >= 15 is 0 Å². The molecule has 0 saturated carbocycles. The molecule has 0 amide bonds. The van der Waals surface area contributed by atoms with Gasteiger partial charge in [0.1, 0.15) is 18.9 Å². The summed E-state index contributed by atoms with van der Waals surface area (Å²) in [6.45, 7) is 1.26. The lowest BCUT2D eigenvalue weighted by molar-refractivity contribution is -0.156. The van der Waals surface area contributed by atoms with Crippen molar-refractivity contribution >= 4 is 18.0 Å². The number of carbonyl (C=O) groups excluding carboxylic acids is 2. The first kappa shape index (κ1) is 19.9. The van der Waals surface area contributed by atoms with Crippen LogP contribution >= 0.6 is 0 Å². The molecule has 0 bridgehead atoms. The van der Waals surface area contributed by atoms with Crippen molar-refractivity contribution in [1.82, 2.24) is 9.78 Å². The summed E-state index contributed by atoms with van der Waals surface area (Å²) in [7, 11) is 0. The van der Waals surface area contributed by atoms with E-state index in [0.717, 1.165) is 11.3 Å². The fourth-order valence-corrected chi connectivity index (χ4v) is 3.56. The van der Waals surface area contributed by atoms with Crippen molar-refractivity contribution in [1.29, 1.82) is 0 Å². The predicted octanol–water partition coefficient (Wildman–Crippen LogP) is 3.18. The normalized spacial score (nSPS) is 17.4. The SMILES string of the molecule is O=C(/C=C\c1cn(-c2ccccc2)nc1-c1ccc2c(c1)OCCO2)O[C@H]1CCOC1=O. The average molecular weight is 432 g/mol. The van der Waals surface area contributed by atoms with Crippen LogP contribution in [0.25, 0.3) is 23.0 Å². The highest BCUT2D eigenvalue weighted by atomic mass is 16.6. The van der Waals surface area contributed by atoms with Crippen molar-refractivity contribution in [3.63, 3.8) is 0 Å². The Bertz CT molecular complexity index is 1180. The van der Waals surface area contributed by atoms with Gasteiger partial charge in [0.15, 0.2) is 11.5 Å². The molecule has 0 spiro atoms. The van der Waals surface area contributed by atoms with Gasteiger partial charge in [-0.25, -0.2) is 14.3 Å². The molecule has 1 saturated heterocycles. The fraction of sp³-hybridized carbons (Fsp3) is 0.208. The fourth-order valence-electron chi connectivity index (χ4n) is 3.56. The van der Waals surface area contributed by atoms with Crippen LogP contribution in [0.2, 0.25) is 0 Å². The van der Waals surface area contributed by atoms with Crippen LogP contribution in [0.4, 0.5) is 0 Å². The molecule has 2 aliphatic heterocycles. The number of carbonyl (C=O) groups is 2. The molecule has 1 aromatic heterocycles. The van der Waals surface area contributed by atoms with E-state index in [4.69, 9.17) is 24.0 Å². The second-order valence-corrected chi connectivity index (χ2v) is 7.29. The molecule has 0 aliphatic carbocycles. The van der Waals surface area contributed by atoms with Crippen LogP contribution in [0.15, 0.2) is 60.8 Å². The number of esters is 2. The Labute approximate surface area is 184 Å². The molecule has 5 rings (SSSR count). The van der Waals surface area contributed by atoms with Crippen LogP contribution < -0.4 is 9.47 Å². The van der Waals surface area contributed by atoms with Crippen molar-refractivity contribution in [2.24, 2.45) is 0 Å². The summed E-state index contributed by atoms with van der Waals surface area (Å²) in [6, 6.07) is 15.3. The molecule has 3 heterocycles. The molecule has 8 heteroatoms.